The highest BCUT2D eigenvalue weighted by atomic mass is 32.1. The van der Waals surface area contributed by atoms with E-state index in [1.165, 1.54) is 5.56 Å². The summed E-state index contributed by atoms with van der Waals surface area (Å²) < 4.78 is 10.6. The zero-order valence-corrected chi connectivity index (χ0v) is 12.9. The van der Waals surface area contributed by atoms with Crippen LogP contribution in [0.25, 0.3) is 0 Å². The maximum absolute atomic E-state index is 5.34. The van der Waals surface area contributed by atoms with Crippen LogP contribution >= 0.6 is 11.3 Å². The van der Waals surface area contributed by atoms with E-state index >= 15 is 0 Å². The summed E-state index contributed by atoms with van der Waals surface area (Å²) in [4.78, 5) is 4.27. The lowest BCUT2D eigenvalue weighted by molar-refractivity contribution is 0.181. The third-order valence-corrected chi connectivity index (χ3v) is 3.93. The number of hydrogen-bond donors (Lipinski definition) is 1. The molecule has 2 rings (SSSR count). The van der Waals surface area contributed by atoms with Crippen molar-refractivity contribution >= 4 is 11.3 Å². The Labute approximate surface area is 123 Å². The number of benzene rings is 1. The van der Waals surface area contributed by atoms with Gasteiger partial charge in [-0.05, 0) is 24.6 Å². The van der Waals surface area contributed by atoms with E-state index in [1.54, 1.807) is 25.6 Å². The van der Waals surface area contributed by atoms with Gasteiger partial charge in [-0.15, -0.1) is 11.3 Å². The van der Waals surface area contributed by atoms with E-state index in [2.05, 4.69) is 29.4 Å². The van der Waals surface area contributed by atoms with Crippen molar-refractivity contribution in [1.82, 2.24) is 10.3 Å². The second-order valence-corrected chi connectivity index (χ2v) is 5.51. The molecule has 1 heterocycles. The molecule has 1 aromatic heterocycles. The van der Waals surface area contributed by atoms with Crippen LogP contribution in [0.4, 0.5) is 0 Å². The van der Waals surface area contributed by atoms with Gasteiger partial charge in [0, 0.05) is 36.8 Å². The van der Waals surface area contributed by atoms with Gasteiger partial charge < -0.3 is 14.8 Å². The van der Waals surface area contributed by atoms with Gasteiger partial charge in [0.1, 0.15) is 10.8 Å². The zero-order valence-electron chi connectivity index (χ0n) is 12.1. The lowest BCUT2D eigenvalue weighted by atomic mass is 10.0. The van der Waals surface area contributed by atoms with Gasteiger partial charge in [0.15, 0.2) is 0 Å². The molecule has 0 aliphatic rings. The molecule has 5 heteroatoms. The molecule has 0 aliphatic heterocycles. The Bertz CT molecular complexity index is 529. The molecule has 0 bridgehead atoms. The fraction of sp³-hybridized carbons (Fsp3) is 0.400. The zero-order chi connectivity index (χ0) is 14.4. The molecule has 1 aromatic carbocycles. The lowest BCUT2D eigenvalue weighted by Crippen LogP contribution is -2.18. The van der Waals surface area contributed by atoms with Crippen LogP contribution in [0.1, 0.15) is 29.1 Å². The molecule has 0 fully saturated rings. The number of aromatic nitrogens is 1. The van der Waals surface area contributed by atoms with Crippen LogP contribution in [-0.4, -0.2) is 19.2 Å². The molecule has 0 spiro atoms. The summed E-state index contributed by atoms with van der Waals surface area (Å²) in [6, 6.07) is 6.45. The highest BCUT2D eigenvalue weighted by molar-refractivity contribution is 7.09. The van der Waals surface area contributed by atoms with E-state index < -0.39 is 0 Å². The van der Waals surface area contributed by atoms with Crippen molar-refractivity contribution in [3.63, 3.8) is 0 Å². The Balaban J connectivity index is 2.05. The molecule has 20 heavy (non-hydrogen) atoms. The van der Waals surface area contributed by atoms with Crippen LogP contribution in [0, 0.1) is 0 Å². The highest BCUT2D eigenvalue weighted by Gasteiger charge is 2.10. The minimum atomic E-state index is 0.250. The first-order valence-electron chi connectivity index (χ1n) is 6.52. The number of hydrogen-bond acceptors (Lipinski definition) is 5. The lowest BCUT2D eigenvalue weighted by Gasteiger charge is -2.16. The summed E-state index contributed by atoms with van der Waals surface area (Å²) in [5, 5.41) is 6.57. The van der Waals surface area contributed by atoms with Gasteiger partial charge in [0.05, 0.1) is 13.7 Å². The summed E-state index contributed by atoms with van der Waals surface area (Å²) >= 11 is 1.66. The largest absolute Gasteiger partial charge is 0.496 e. The van der Waals surface area contributed by atoms with E-state index in [4.69, 9.17) is 9.47 Å². The van der Waals surface area contributed by atoms with Gasteiger partial charge in [-0.2, -0.15) is 0 Å². The molecule has 108 valence electrons. The number of rotatable bonds is 7. The molecule has 0 saturated carbocycles. The van der Waals surface area contributed by atoms with E-state index in [0.717, 1.165) is 22.9 Å². The van der Waals surface area contributed by atoms with Gasteiger partial charge >= 0.3 is 0 Å². The Morgan fingerprint density at radius 3 is 2.85 bits per heavy atom. The summed E-state index contributed by atoms with van der Waals surface area (Å²) in [6.07, 6.45) is 1.83. The Hall–Kier alpha value is -1.43. The molecular formula is C15H20N2O2S. The molecule has 0 saturated heterocycles. The first-order chi connectivity index (χ1) is 9.74. The van der Waals surface area contributed by atoms with Crippen LogP contribution in [-0.2, 0) is 17.9 Å². The first-order valence-corrected chi connectivity index (χ1v) is 7.40. The quantitative estimate of drug-likeness (QED) is 0.851. The maximum Gasteiger partial charge on any atom is 0.124 e. The van der Waals surface area contributed by atoms with Crippen molar-refractivity contribution in [1.29, 1.82) is 0 Å². The Morgan fingerprint density at radius 2 is 2.20 bits per heavy atom. The third kappa shape index (κ3) is 3.79. The summed E-state index contributed by atoms with van der Waals surface area (Å²) in [6.45, 7) is 3.48. The monoisotopic (exact) mass is 292 g/mol. The summed E-state index contributed by atoms with van der Waals surface area (Å²) in [7, 11) is 3.37. The normalized spacial score (nSPS) is 12.3. The molecule has 0 aliphatic carbocycles. The standard InChI is InChI=1S/C15H20N2O2S/c1-11(17-9-15-16-6-7-20-15)12-4-5-14(19-3)13(8-12)10-18-2/h4-8,11,17H,9-10H2,1-3H3. The van der Waals surface area contributed by atoms with Crippen LogP contribution in [0.15, 0.2) is 29.8 Å². The van der Waals surface area contributed by atoms with Gasteiger partial charge in [0.25, 0.3) is 0 Å². The molecule has 2 aromatic rings. The molecule has 1 N–H and O–H groups in total. The molecule has 0 amide bonds. The van der Waals surface area contributed by atoms with Crippen LogP contribution in [0.3, 0.4) is 0 Å². The van der Waals surface area contributed by atoms with Crippen molar-refractivity contribution in [3.05, 3.63) is 45.9 Å². The molecule has 1 atom stereocenters. The SMILES string of the molecule is COCc1cc(C(C)NCc2nccs2)ccc1OC. The van der Waals surface area contributed by atoms with Gasteiger partial charge in [-0.3, -0.25) is 0 Å². The van der Waals surface area contributed by atoms with Crippen LogP contribution < -0.4 is 10.1 Å². The van der Waals surface area contributed by atoms with Crippen molar-refractivity contribution in [3.8, 4) is 5.75 Å². The maximum atomic E-state index is 5.34. The van der Waals surface area contributed by atoms with Crippen molar-refractivity contribution < 1.29 is 9.47 Å². The van der Waals surface area contributed by atoms with E-state index in [9.17, 15) is 0 Å². The smallest absolute Gasteiger partial charge is 0.124 e. The van der Waals surface area contributed by atoms with E-state index in [-0.39, 0.29) is 6.04 Å². The number of thiazole rings is 1. The highest BCUT2D eigenvalue weighted by Crippen LogP contribution is 2.24. The van der Waals surface area contributed by atoms with Crippen molar-refractivity contribution in [2.75, 3.05) is 14.2 Å². The Kier molecular flexibility index (Phi) is 5.52. The summed E-state index contributed by atoms with van der Waals surface area (Å²) in [5.41, 5.74) is 2.28. The van der Waals surface area contributed by atoms with Crippen molar-refractivity contribution in [2.24, 2.45) is 0 Å². The van der Waals surface area contributed by atoms with Gasteiger partial charge in [-0.1, -0.05) is 6.07 Å². The van der Waals surface area contributed by atoms with Gasteiger partial charge in [-0.25, -0.2) is 4.98 Å². The Morgan fingerprint density at radius 1 is 1.35 bits per heavy atom. The molecule has 4 nitrogen and oxygen atoms in total. The fourth-order valence-corrected chi connectivity index (χ4v) is 2.60. The molecule has 1 unspecified atom stereocenters. The number of methoxy groups -OCH3 is 2. The number of nitrogens with one attached hydrogen (secondary N) is 1. The minimum absolute atomic E-state index is 0.250. The second-order valence-electron chi connectivity index (χ2n) is 4.53. The van der Waals surface area contributed by atoms with Crippen LogP contribution in [0.2, 0.25) is 0 Å². The van der Waals surface area contributed by atoms with Crippen molar-refractivity contribution in [2.45, 2.75) is 26.1 Å². The number of nitrogens with zero attached hydrogens (tertiary/aromatic N) is 1. The van der Waals surface area contributed by atoms with Crippen LogP contribution in [0.5, 0.6) is 5.75 Å². The third-order valence-electron chi connectivity index (χ3n) is 3.15. The predicted molar refractivity (Wildman–Crippen MR) is 81.1 cm³/mol. The van der Waals surface area contributed by atoms with Gasteiger partial charge in [0.2, 0.25) is 0 Å². The predicted octanol–water partition coefficient (Wildman–Crippen LogP) is 3.15. The molecule has 0 radical (unpaired) electrons. The fourth-order valence-electron chi connectivity index (χ4n) is 2.03. The topological polar surface area (TPSA) is 43.4 Å². The summed E-state index contributed by atoms with van der Waals surface area (Å²) in [5.74, 6) is 0.864. The van der Waals surface area contributed by atoms with E-state index in [1.807, 2.05) is 17.6 Å². The van der Waals surface area contributed by atoms with E-state index in [0.29, 0.717) is 6.61 Å². The average Bonchev–Trinajstić information content (AvgIpc) is 2.98. The average molecular weight is 292 g/mol. The molecular weight excluding hydrogens is 272 g/mol. The second kappa shape index (κ2) is 7.38. The number of ether oxygens (including phenoxy) is 2. The minimum Gasteiger partial charge on any atom is -0.496 e. The first kappa shape index (κ1) is 15.0.